The van der Waals surface area contributed by atoms with Crippen molar-refractivity contribution < 1.29 is 23.6 Å². The molecule has 1 amide bonds. The third-order valence-corrected chi connectivity index (χ3v) is 4.60. The van der Waals surface area contributed by atoms with Crippen molar-refractivity contribution in [1.29, 1.82) is 0 Å². The zero-order valence-corrected chi connectivity index (χ0v) is 17.2. The van der Waals surface area contributed by atoms with Gasteiger partial charge in [0, 0.05) is 6.54 Å². The molecule has 0 spiro atoms. The van der Waals surface area contributed by atoms with E-state index in [-0.39, 0.29) is 12.5 Å². The van der Waals surface area contributed by atoms with E-state index in [0.29, 0.717) is 30.2 Å². The van der Waals surface area contributed by atoms with Gasteiger partial charge in [-0.1, -0.05) is 35.0 Å². The number of benzene rings is 2. The van der Waals surface area contributed by atoms with Gasteiger partial charge >= 0.3 is 5.97 Å². The largest absolute Gasteiger partial charge is 0.489 e. The van der Waals surface area contributed by atoms with E-state index < -0.39 is 5.97 Å². The van der Waals surface area contributed by atoms with Gasteiger partial charge in [0.05, 0.1) is 16.8 Å². The van der Waals surface area contributed by atoms with Crippen molar-refractivity contribution in [3.05, 3.63) is 82.2 Å². The molecule has 0 fully saturated rings. The number of carbonyl (C=O) groups is 2. The van der Waals surface area contributed by atoms with Crippen LogP contribution >= 0.6 is 0 Å². The standard InChI is InChI=1S/C23H24N2O5/c1-15-4-6-18(7-5-15)12-24-22(26)14-29-23(27)19-8-10-20(11-9-19)28-13-21-16(2)25-30-17(21)3/h4-11H,12-14H2,1-3H3,(H,24,26). The van der Waals surface area contributed by atoms with Crippen molar-refractivity contribution in [1.82, 2.24) is 10.5 Å². The zero-order valence-electron chi connectivity index (χ0n) is 17.2. The first kappa shape index (κ1) is 21.1. The third-order valence-electron chi connectivity index (χ3n) is 4.60. The summed E-state index contributed by atoms with van der Waals surface area (Å²) < 4.78 is 15.9. The molecule has 7 heteroatoms. The van der Waals surface area contributed by atoms with Crippen LogP contribution in [0.3, 0.4) is 0 Å². The Hall–Kier alpha value is -3.61. The highest BCUT2D eigenvalue weighted by atomic mass is 16.5. The summed E-state index contributed by atoms with van der Waals surface area (Å²) in [4.78, 5) is 24.0. The highest BCUT2D eigenvalue weighted by Gasteiger charge is 2.12. The Balaban J connectivity index is 1.43. The molecule has 0 aliphatic carbocycles. The molecular formula is C23H24N2O5. The predicted molar refractivity (Wildman–Crippen MR) is 110 cm³/mol. The lowest BCUT2D eigenvalue weighted by Gasteiger charge is -2.08. The summed E-state index contributed by atoms with van der Waals surface area (Å²) in [7, 11) is 0. The summed E-state index contributed by atoms with van der Waals surface area (Å²) in [6.07, 6.45) is 0. The minimum absolute atomic E-state index is 0.326. The first-order valence-electron chi connectivity index (χ1n) is 9.56. The van der Waals surface area contributed by atoms with Crippen molar-refractivity contribution in [2.75, 3.05) is 6.61 Å². The lowest BCUT2D eigenvalue weighted by molar-refractivity contribution is -0.124. The molecule has 3 rings (SSSR count). The number of esters is 1. The van der Waals surface area contributed by atoms with Gasteiger partial charge in [-0.15, -0.1) is 0 Å². The van der Waals surface area contributed by atoms with Crippen LogP contribution in [0, 0.1) is 20.8 Å². The van der Waals surface area contributed by atoms with E-state index in [0.717, 1.165) is 22.4 Å². The fourth-order valence-electron chi connectivity index (χ4n) is 2.72. The number of aromatic nitrogens is 1. The number of aryl methyl sites for hydroxylation is 3. The molecule has 0 bridgehead atoms. The summed E-state index contributed by atoms with van der Waals surface area (Å²) in [6, 6.07) is 14.4. The van der Waals surface area contributed by atoms with E-state index in [1.807, 2.05) is 45.0 Å². The number of nitrogens with one attached hydrogen (secondary N) is 1. The number of nitrogens with zero attached hydrogens (tertiary/aromatic N) is 1. The molecule has 1 heterocycles. The van der Waals surface area contributed by atoms with Crippen molar-refractivity contribution >= 4 is 11.9 Å². The molecule has 1 N–H and O–H groups in total. The first-order valence-corrected chi connectivity index (χ1v) is 9.56. The maximum Gasteiger partial charge on any atom is 0.338 e. The second-order valence-electron chi connectivity index (χ2n) is 6.95. The SMILES string of the molecule is Cc1ccc(CNC(=O)COC(=O)c2ccc(OCc3c(C)noc3C)cc2)cc1. The molecule has 156 valence electrons. The number of ether oxygens (including phenoxy) is 2. The molecule has 0 saturated heterocycles. The number of carbonyl (C=O) groups excluding carboxylic acids is 2. The van der Waals surface area contributed by atoms with E-state index in [1.165, 1.54) is 0 Å². The predicted octanol–water partition coefficient (Wildman–Crippen LogP) is 3.65. The molecule has 7 nitrogen and oxygen atoms in total. The monoisotopic (exact) mass is 408 g/mol. The third kappa shape index (κ3) is 5.70. The highest BCUT2D eigenvalue weighted by Crippen LogP contribution is 2.18. The van der Waals surface area contributed by atoms with Gasteiger partial charge in [-0.05, 0) is 50.6 Å². The van der Waals surface area contributed by atoms with Crippen molar-refractivity contribution in [2.45, 2.75) is 33.9 Å². The minimum Gasteiger partial charge on any atom is -0.489 e. The van der Waals surface area contributed by atoms with Gasteiger partial charge < -0.3 is 19.3 Å². The molecule has 0 saturated carbocycles. The maximum absolute atomic E-state index is 12.1. The molecular weight excluding hydrogens is 384 g/mol. The Morgan fingerprint density at radius 2 is 1.70 bits per heavy atom. The fraction of sp³-hybridized carbons (Fsp3) is 0.261. The lowest BCUT2D eigenvalue weighted by atomic mass is 10.1. The minimum atomic E-state index is -0.572. The van der Waals surface area contributed by atoms with E-state index in [4.69, 9.17) is 14.0 Å². The number of hydrogen-bond donors (Lipinski definition) is 1. The average Bonchev–Trinajstić information content (AvgIpc) is 3.07. The van der Waals surface area contributed by atoms with E-state index in [9.17, 15) is 9.59 Å². The van der Waals surface area contributed by atoms with Gasteiger partial charge in [-0.25, -0.2) is 4.79 Å². The lowest BCUT2D eigenvalue weighted by Crippen LogP contribution is -2.28. The highest BCUT2D eigenvalue weighted by molar-refractivity contribution is 5.91. The molecule has 0 aliphatic heterocycles. The molecule has 0 atom stereocenters. The smallest absolute Gasteiger partial charge is 0.338 e. The van der Waals surface area contributed by atoms with Crippen LogP contribution < -0.4 is 10.1 Å². The summed E-state index contributed by atoms with van der Waals surface area (Å²) in [6.45, 7) is 6.05. The topological polar surface area (TPSA) is 90.7 Å². The molecule has 3 aromatic rings. The van der Waals surface area contributed by atoms with Crippen LogP contribution in [0.1, 0.15) is 38.5 Å². The van der Waals surface area contributed by atoms with Gasteiger partial charge in [-0.2, -0.15) is 0 Å². The Morgan fingerprint density at radius 1 is 1.00 bits per heavy atom. The van der Waals surface area contributed by atoms with E-state index >= 15 is 0 Å². The Bertz CT molecular complexity index is 988. The van der Waals surface area contributed by atoms with Gasteiger partial charge in [-0.3, -0.25) is 4.79 Å². The Labute approximate surface area is 175 Å². The molecule has 0 aliphatic rings. The number of amides is 1. The van der Waals surface area contributed by atoms with Crippen molar-refractivity contribution in [3.8, 4) is 5.75 Å². The normalized spacial score (nSPS) is 10.5. The Morgan fingerprint density at radius 3 is 2.33 bits per heavy atom. The summed E-state index contributed by atoms with van der Waals surface area (Å²) >= 11 is 0. The van der Waals surface area contributed by atoms with Crippen LogP contribution in [-0.2, 0) is 22.7 Å². The molecule has 2 aromatic carbocycles. The van der Waals surface area contributed by atoms with E-state index in [1.54, 1.807) is 24.3 Å². The van der Waals surface area contributed by atoms with Gasteiger partial charge in [0.15, 0.2) is 6.61 Å². The van der Waals surface area contributed by atoms with Gasteiger partial charge in [0.1, 0.15) is 18.1 Å². The van der Waals surface area contributed by atoms with Crippen molar-refractivity contribution in [2.24, 2.45) is 0 Å². The number of hydrogen-bond acceptors (Lipinski definition) is 6. The average molecular weight is 408 g/mol. The molecule has 1 aromatic heterocycles. The quantitative estimate of drug-likeness (QED) is 0.572. The second-order valence-corrected chi connectivity index (χ2v) is 6.95. The van der Waals surface area contributed by atoms with E-state index in [2.05, 4.69) is 10.5 Å². The van der Waals surface area contributed by atoms with Crippen LogP contribution in [-0.4, -0.2) is 23.6 Å². The molecule has 0 unspecified atom stereocenters. The van der Waals surface area contributed by atoms with Crippen LogP contribution in [0.25, 0.3) is 0 Å². The summed E-state index contributed by atoms with van der Waals surface area (Å²) in [5.74, 6) is 0.386. The molecule has 30 heavy (non-hydrogen) atoms. The van der Waals surface area contributed by atoms with Crippen LogP contribution in [0.15, 0.2) is 53.1 Å². The fourth-order valence-corrected chi connectivity index (χ4v) is 2.72. The first-order chi connectivity index (χ1) is 14.4. The van der Waals surface area contributed by atoms with Crippen LogP contribution in [0.4, 0.5) is 0 Å². The number of rotatable bonds is 8. The zero-order chi connectivity index (χ0) is 21.5. The second kappa shape index (κ2) is 9.73. The summed E-state index contributed by atoms with van der Waals surface area (Å²) in [5, 5.41) is 6.61. The summed E-state index contributed by atoms with van der Waals surface area (Å²) in [5.41, 5.74) is 4.15. The van der Waals surface area contributed by atoms with Crippen molar-refractivity contribution in [3.63, 3.8) is 0 Å². The van der Waals surface area contributed by atoms with Gasteiger partial charge in [0.2, 0.25) is 0 Å². The maximum atomic E-state index is 12.1. The van der Waals surface area contributed by atoms with Crippen LogP contribution in [0.2, 0.25) is 0 Å². The molecule has 0 radical (unpaired) electrons. The Kier molecular flexibility index (Phi) is 6.85. The van der Waals surface area contributed by atoms with Gasteiger partial charge in [0.25, 0.3) is 5.91 Å². The van der Waals surface area contributed by atoms with Crippen LogP contribution in [0.5, 0.6) is 5.75 Å².